The van der Waals surface area contributed by atoms with Crippen LogP contribution in [0.15, 0.2) is 83.3 Å². The molecular formula is C27H28N2O4. The van der Waals surface area contributed by atoms with E-state index >= 15 is 0 Å². The van der Waals surface area contributed by atoms with Gasteiger partial charge in [0.25, 0.3) is 0 Å². The van der Waals surface area contributed by atoms with E-state index in [-0.39, 0.29) is 12.1 Å². The van der Waals surface area contributed by atoms with Gasteiger partial charge < -0.3 is 24.1 Å². The van der Waals surface area contributed by atoms with E-state index in [1.807, 2.05) is 85.8 Å². The standard InChI is InChI=1S/C27H28N2O4/c1-19(26-16-22-8-4-5-10-25(22)33-26)29(2)27(30)28-23-9-6-7-21(15-23)18-32-17-20-11-13-24(31-3)14-12-20/h4-16,19H,17-18H2,1-3H3,(H,28,30). The Morgan fingerprint density at radius 2 is 1.73 bits per heavy atom. The molecule has 3 aromatic carbocycles. The third kappa shape index (κ3) is 5.54. The fourth-order valence-electron chi connectivity index (χ4n) is 3.53. The molecule has 6 nitrogen and oxygen atoms in total. The summed E-state index contributed by atoms with van der Waals surface area (Å²) in [4.78, 5) is 14.5. The van der Waals surface area contributed by atoms with Gasteiger partial charge in [-0.3, -0.25) is 0 Å². The molecule has 1 unspecified atom stereocenters. The molecular weight excluding hydrogens is 416 g/mol. The molecule has 0 saturated carbocycles. The molecule has 1 atom stereocenters. The Morgan fingerprint density at radius 3 is 2.48 bits per heavy atom. The first kappa shape index (κ1) is 22.4. The Hall–Kier alpha value is -3.77. The zero-order valence-corrected chi connectivity index (χ0v) is 19.1. The van der Waals surface area contributed by atoms with Crippen molar-refractivity contribution in [2.45, 2.75) is 26.2 Å². The number of carbonyl (C=O) groups excluding carboxylic acids is 1. The average molecular weight is 445 g/mol. The number of ether oxygens (including phenoxy) is 2. The first-order valence-electron chi connectivity index (χ1n) is 10.9. The van der Waals surface area contributed by atoms with Crippen LogP contribution in [0.5, 0.6) is 5.75 Å². The number of furan rings is 1. The third-order valence-electron chi connectivity index (χ3n) is 5.63. The van der Waals surface area contributed by atoms with Gasteiger partial charge in [-0.1, -0.05) is 42.5 Å². The zero-order chi connectivity index (χ0) is 23.2. The quantitative estimate of drug-likeness (QED) is 0.342. The van der Waals surface area contributed by atoms with E-state index in [1.54, 1.807) is 19.1 Å². The summed E-state index contributed by atoms with van der Waals surface area (Å²) in [6.45, 7) is 2.89. The number of carbonyl (C=O) groups is 1. The summed E-state index contributed by atoms with van der Waals surface area (Å²) < 4.78 is 16.9. The zero-order valence-electron chi connectivity index (χ0n) is 19.1. The van der Waals surface area contributed by atoms with Crippen molar-refractivity contribution in [3.05, 3.63) is 95.7 Å². The van der Waals surface area contributed by atoms with Gasteiger partial charge in [0.1, 0.15) is 17.1 Å². The van der Waals surface area contributed by atoms with E-state index in [0.29, 0.717) is 18.9 Å². The molecule has 0 aliphatic rings. The monoisotopic (exact) mass is 444 g/mol. The molecule has 2 amide bonds. The largest absolute Gasteiger partial charge is 0.497 e. The number of amides is 2. The number of nitrogens with zero attached hydrogens (tertiary/aromatic N) is 1. The molecule has 33 heavy (non-hydrogen) atoms. The Kier molecular flexibility index (Phi) is 6.95. The van der Waals surface area contributed by atoms with Gasteiger partial charge in [0.15, 0.2) is 0 Å². The van der Waals surface area contributed by atoms with E-state index in [2.05, 4.69) is 5.32 Å². The van der Waals surface area contributed by atoms with Crippen molar-refractivity contribution in [3.63, 3.8) is 0 Å². The van der Waals surface area contributed by atoms with Crippen LogP contribution in [0.2, 0.25) is 0 Å². The lowest BCUT2D eigenvalue weighted by molar-refractivity contribution is 0.107. The number of methoxy groups -OCH3 is 1. The maximum atomic E-state index is 12.8. The molecule has 0 radical (unpaired) electrons. The fraction of sp³-hybridized carbons (Fsp3) is 0.222. The van der Waals surface area contributed by atoms with Crippen LogP contribution in [0.1, 0.15) is 29.9 Å². The molecule has 170 valence electrons. The van der Waals surface area contributed by atoms with E-state index in [9.17, 15) is 4.79 Å². The lowest BCUT2D eigenvalue weighted by Gasteiger charge is -2.23. The van der Waals surface area contributed by atoms with Crippen LogP contribution in [-0.2, 0) is 18.0 Å². The molecule has 0 saturated heterocycles. The summed E-state index contributed by atoms with van der Waals surface area (Å²) in [6, 6.07) is 24.8. The number of fused-ring (bicyclic) bond motifs is 1. The molecule has 0 fully saturated rings. The van der Waals surface area contributed by atoms with Crippen LogP contribution < -0.4 is 10.1 Å². The molecule has 0 aliphatic heterocycles. The number of urea groups is 1. The second-order valence-corrected chi connectivity index (χ2v) is 7.94. The Bertz CT molecular complexity index is 1180. The normalized spacial score (nSPS) is 11.8. The Morgan fingerprint density at radius 1 is 0.970 bits per heavy atom. The highest BCUT2D eigenvalue weighted by Crippen LogP contribution is 2.27. The molecule has 1 aromatic heterocycles. The van der Waals surface area contributed by atoms with Crippen LogP contribution in [0.25, 0.3) is 11.0 Å². The van der Waals surface area contributed by atoms with E-state index < -0.39 is 0 Å². The molecule has 4 aromatic rings. The minimum Gasteiger partial charge on any atom is -0.497 e. The first-order valence-corrected chi connectivity index (χ1v) is 10.9. The van der Waals surface area contributed by atoms with Gasteiger partial charge in [-0.2, -0.15) is 0 Å². The van der Waals surface area contributed by atoms with E-state index in [0.717, 1.165) is 33.6 Å². The molecule has 1 heterocycles. The van der Waals surface area contributed by atoms with Crippen molar-refractivity contribution in [1.29, 1.82) is 0 Å². The number of benzene rings is 3. The maximum Gasteiger partial charge on any atom is 0.322 e. The topological polar surface area (TPSA) is 63.9 Å². The van der Waals surface area contributed by atoms with Crippen molar-refractivity contribution in [1.82, 2.24) is 4.90 Å². The van der Waals surface area contributed by atoms with Crippen LogP contribution in [-0.4, -0.2) is 25.1 Å². The maximum absolute atomic E-state index is 12.8. The van der Waals surface area contributed by atoms with E-state index in [4.69, 9.17) is 13.9 Å². The Balaban J connectivity index is 1.33. The number of hydrogen-bond donors (Lipinski definition) is 1. The number of anilines is 1. The van der Waals surface area contributed by atoms with Gasteiger partial charge in [-0.25, -0.2) is 4.79 Å². The van der Waals surface area contributed by atoms with Crippen molar-refractivity contribution in [3.8, 4) is 5.75 Å². The molecule has 1 N–H and O–H groups in total. The number of para-hydroxylation sites is 1. The highest BCUT2D eigenvalue weighted by molar-refractivity contribution is 5.89. The lowest BCUT2D eigenvalue weighted by Crippen LogP contribution is -2.33. The molecule has 6 heteroatoms. The average Bonchev–Trinajstić information content (AvgIpc) is 3.28. The minimum atomic E-state index is -0.214. The van der Waals surface area contributed by atoms with Gasteiger partial charge >= 0.3 is 6.03 Å². The van der Waals surface area contributed by atoms with Crippen molar-refractivity contribution in [2.75, 3.05) is 19.5 Å². The van der Waals surface area contributed by atoms with Gasteiger partial charge in [0.05, 0.1) is 26.4 Å². The second kappa shape index (κ2) is 10.2. The third-order valence-corrected chi connectivity index (χ3v) is 5.63. The first-order chi connectivity index (χ1) is 16.0. The molecule has 0 spiro atoms. The summed E-state index contributed by atoms with van der Waals surface area (Å²) >= 11 is 0. The van der Waals surface area contributed by atoms with Crippen molar-refractivity contribution < 1.29 is 18.7 Å². The smallest absolute Gasteiger partial charge is 0.322 e. The number of nitrogens with one attached hydrogen (secondary N) is 1. The Labute approximate surface area is 193 Å². The van der Waals surface area contributed by atoms with E-state index in [1.165, 1.54) is 0 Å². The van der Waals surface area contributed by atoms with Gasteiger partial charge in [-0.05, 0) is 54.4 Å². The summed E-state index contributed by atoms with van der Waals surface area (Å²) in [5.41, 5.74) is 3.58. The summed E-state index contributed by atoms with van der Waals surface area (Å²) in [6.07, 6.45) is 0. The van der Waals surface area contributed by atoms with Gasteiger partial charge in [0, 0.05) is 18.1 Å². The van der Waals surface area contributed by atoms with Crippen molar-refractivity contribution >= 4 is 22.7 Å². The summed E-state index contributed by atoms with van der Waals surface area (Å²) in [5.74, 6) is 1.57. The second-order valence-electron chi connectivity index (χ2n) is 7.94. The molecule has 0 bridgehead atoms. The van der Waals surface area contributed by atoms with Gasteiger partial charge in [-0.15, -0.1) is 0 Å². The van der Waals surface area contributed by atoms with Crippen LogP contribution in [0, 0.1) is 0 Å². The highest BCUT2D eigenvalue weighted by atomic mass is 16.5. The van der Waals surface area contributed by atoms with Gasteiger partial charge in [0.2, 0.25) is 0 Å². The number of rotatable bonds is 8. The van der Waals surface area contributed by atoms with Crippen LogP contribution in [0.4, 0.5) is 10.5 Å². The predicted molar refractivity (Wildman–Crippen MR) is 129 cm³/mol. The summed E-state index contributed by atoms with van der Waals surface area (Å²) in [7, 11) is 3.41. The lowest BCUT2D eigenvalue weighted by atomic mass is 10.2. The fourth-order valence-corrected chi connectivity index (χ4v) is 3.53. The predicted octanol–water partition coefficient (Wildman–Crippen LogP) is 6.38. The van der Waals surface area contributed by atoms with Crippen LogP contribution in [0.3, 0.4) is 0 Å². The summed E-state index contributed by atoms with van der Waals surface area (Å²) in [5, 5.41) is 3.99. The van der Waals surface area contributed by atoms with Crippen molar-refractivity contribution in [2.24, 2.45) is 0 Å². The highest BCUT2D eigenvalue weighted by Gasteiger charge is 2.21. The molecule has 0 aliphatic carbocycles. The van der Waals surface area contributed by atoms with Crippen LogP contribution >= 0.6 is 0 Å². The SMILES string of the molecule is COc1ccc(COCc2cccc(NC(=O)N(C)C(C)c3cc4ccccc4o3)c2)cc1. The number of hydrogen-bond acceptors (Lipinski definition) is 4. The minimum absolute atomic E-state index is 0.209. The molecule has 4 rings (SSSR count).